The molecule has 31 heavy (non-hydrogen) atoms. The highest BCUT2D eigenvalue weighted by atomic mass is 16.7. The Hall–Kier alpha value is -3.35. The van der Waals surface area contributed by atoms with Crippen LogP contribution < -0.4 is 0 Å². The van der Waals surface area contributed by atoms with E-state index in [0.717, 1.165) is 11.1 Å². The molecule has 0 N–H and O–H groups in total. The number of carbonyl (C=O) groups excluding carboxylic acids is 3. The Labute approximate surface area is 181 Å². The Morgan fingerprint density at radius 1 is 0.903 bits per heavy atom. The maximum atomic E-state index is 12.7. The molecule has 1 saturated heterocycles. The summed E-state index contributed by atoms with van der Waals surface area (Å²) in [7, 11) is 0. The predicted molar refractivity (Wildman–Crippen MR) is 113 cm³/mol. The fourth-order valence-corrected chi connectivity index (χ4v) is 3.60. The van der Waals surface area contributed by atoms with Gasteiger partial charge in [-0.15, -0.1) is 0 Å². The first kappa shape index (κ1) is 22.3. The molecule has 164 valence electrons. The minimum Gasteiger partial charge on any atom is -0.445 e. The van der Waals surface area contributed by atoms with Crippen LogP contribution in [0.25, 0.3) is 0 Å². The van der Waals surface area contributed by atoms with E-state index in [4.69, 9.17) is 14.2 Å². The average molecular weight is 425 g/mol. The lowest BCUT2D eigenvalue weighted by atomic mass is 9.95. The summed E-state index contributed by atoms with van der Waals surface area (Å²) in [6.45, 7) is 2.11. The Balaban J connectivity index is 1.60. The van der Waals surface area contributed by atoms with Crippen LogP contribution in [0, 0.1) is 0 Å². The third-order valence-corrected chi connectivity index (χ3v) is 5.10. The van der Waals surface area contributed by atoms with E-state index in [1.165, 1.54) is 11.8 Å². The van der Waals surface area contributed by atoms with Crippen LogP contribution >= 0.6 is 0 Å². The Bertz CT molecular complexity index is 870. The molecular weight excluding hydrogens is 398 g/mol. The third-order valence-electron chi connectivity index (χ3n) is 5.10. The largest absolute Gasteiger partial charge is 0.508 e. The molecule has 7 nitrogen and oxygen atoms in total. The van der Waals surface area contributed by atoms with Gasteiger partial charge < -0.3 is 19.1 Å². The number of nitrogens with zero attached hydrogens (tertiary/aromatic N) is 1. The van der Waals surface area contributed by atoms with Gasteiger partial charge in [-0.25, -0.2) is 9.59 Å². The fraction of sp³-hybridized carbons (Fsp3) is 0.375. The van der Waals surface area contributed by atoms with Crippen molar-refractivity contribution in [2.45, 2.75) is 51.5 Å². The van der Waals surface area contributed by atoms with E-state index in [1.54, 1.807) is 0 Å². The van der Waals surface area contributed by atoms with Crippen molar-refractivity contribution in [3.05, 3.63) is 71.8 Å². The molecule has 1 heterocycles. The molecule has 0 spiro atoms. The Kier molecular flexibility index (Phi) is 8.04. The first-order chi connectivity index (χ1) is 15.0. The van der Waals surface area contributed by atoms with Gasteiger partial charge >= 0.3 is 12.2 Å². The lowest BCUT2D eigenvalue weighted by molar-refractivity contribution is -0.120. The standard InChI is InChI=1S/C24H27NO6/c1-18(26)15-21-22(31-24(28)30-17-20-11-6-3-7-12-20)13-8-14-25(21)23(27)29-16-19-9-4-2-5-10-19/h2-7,9-12,21-22H,8,13-17H2,1H3. The van der Waals surface area contributed by atoms with Crippen molar-refractivity contribution in [1.29, 1.82) is 0 Å². The van der Waals surface area contributed by atoms with Crippen molar-refractivity contribution >= 4 is 18.0 Å². The number of rotatable bonds is 7. The van der Waals surface area contributed by atoms with Crippen LogP contribution in [0.4, 0.5) is 9.59 Å². The normalized spacial score (nSPS) is 18.2. The molecule has 1 aliphatic heterocycles. The summed E-state index contributed by atoms with van der Waals surface area (Å²) in [5.74, 6) is -0.0981. The molecule has 0 aliphatic carbocycles. The summed E-state index contributed by atoms with van der Waals surface area (Å²) in [5.41, 5.74) is 1.71. The van der Waals surface area contributed by atoms with Crippen LogP contribution in [0.3, 0.4) is 0 Å². The first-order valence-corrected chi connectivity index (χ1v) is 10.4. The maximum Gasteiger partial charge on any atom is 0.508 e. The van der Waals surface area contributed by atoms with Gasteiger partial charge in [0.2, 0.25) is 0 Å². The van der Waals surface area contributed by atoms with Gasteiger partial charge in [0.25, 0.3) is 0 Å². The minimum atomic E-state index is -0.818. The molecule has 1 fully saturated rings. The molecule has 0 saturated carbocycles. The summed E-state index contributed by atoms with van der Waals surface area (Å²) in [5, 5.41) is 0. The molecule has 2 atom stereocenters. The zero-order chi connectivity index (χ0) is 22.1. The quantitative estimate of drug-likeness (QED) is 0.608. The zero-order valence-corrected chi connectivity index (χ0v) is 17.6. The highest BCUT2D eigenvalue weighted by Gasteiger charge is 2.38. The number of piperidine rings is 1. The second-order valence-corrected chi connectivity index (χ2v) is 7.53. The van der Waals surface area contributed by atoms with Crippen LogP contribution in [0.2, 0.25) is 0 Å². The average Bonchev–Trinajstić information content (AvgIpc) is 2.78. The van der Waals surface area contributed by atoms with Crippen LogP contribution in [0.5, 0.6) is 0 Å². The van der Waals surface area contributed by atoms with Crippen molar-refractivity contribution in [2.75, 3.05) is 6.54 Å². The van der Waals surface area contributed by atoms with E-state index >= 15 is 0 Å². The van der Waals surface area contributed by atoms with Gasteiger partial charge in [-0.05, 0) is 30.9 Å². The number of hydrogen-bond donors (Lipinski definition) is 0. The number of Topliss-reactive ketones (excluding diaryl/α,β-unsaturated/α-hetero) is 1. The van der Waals surface area contributed by atoms with Gasteiger partial charge in [-0.1, -0.05) is 60.7 Å². The van der Waals surface area contributed by atoms with E-state index < -0.39 is 24.4 Å². The minimum absolute atomic E-state index is 0.0804. The molecule has 0 bridgehead atoms. The second-order valence-electron chi connectivity index (χ2n) is 7.53. The number of hydrogen-bond acceptors (Lipinski definition) is 6. The molecule has 2 aromatic carbocycles. The molecule has 2 aromatic rings. The van der Waals surface area contributed by atoms with Crippen molar-refractivity contribution in [3.8, 4) is 0 Å². The Morgan fingerprint density at radius 3 is 2.06 bits per heavy atom. The summed E-state index contributed by atoms with van der Waals surface area (Å²) in [6.07, 6.45) is -0.725. The molecule has 1 amide bonds. The predicted octanol–water partition coefficient (Wildman–Crippen LogP) is 4.49. The summed E-state index contributed by atoms with van der Waals surface area (Å²) in [4.78, 5) is 38.3. The van der Waals surface area contributed by atoms with Gasteiger partial charge in [0.05, 0.1) is 6.04 Å². The number of amides is 1. The number of carbonyl (C=O) groups is 3. The number of ketones is 1. The van der Waals surface area contributed by atoms with Crippen LogP contribution in [-0.2, 0) is 32.2 Å². The highest BCUT2D eigenvalue weighted by Crippen LogP contribution is 2.25. The van der Waals surface area contributed by atoms with E-state index in [-0.39, 0.29) is 25.4 Å². The van der Waals surface area contributed by atoms with E-state index in [1.807, 2.05) is 60.7 Å². The first-order valence-electron chi connectivity index (χ1n) is 10.4. The van der Waals surface area contributed by atoms with E-state index in [2.05, 4.69) is 0 Å². The molecule has 7 heteroatoms. The van der Waals surface area contributed by atoms with Crippen molar-refractivity contribution < 1.29 is 28.6 Å². The molecule has 1 aliphatic rings. The summed E-state index contributed by atoms with van der Waals surface area (Å²) >= 11 is 0. The van der Waals surface area contributed by atoms with Gasteiger partial charge in [-0.3, -0.25) is 4.79 Å². The topological polar surface area (TPSA) is 82.1 Å². The van der Waals surface area contributed by atoms with E-state index in [0.29, 0.717) is 19.4 Å². The van der Waals surface area contributed by atoms with Crippen LogP contribution in [0.1, 0.15) is 37.3 Å². The number of likely N-dealkylation sites (tertiary alicyclic amines) is 1. The molecule has 2 unspecified atom stereocenters. The fourth-order valence-electron chi connectivity index (χ4n) is 3.60. The van der Waals surface area contributed by atoms with Crippen LogP contribution in [0.15, 0.2) is 60.7 Å². The monoisotopic (exact) mass is 425 g/mol. The van der Waals surface area contributed by atoms with Crippen molar-refractivity contribution in [3.63, 3.8) is 0 Å². The summed E-state index contributed by atoms with van der Waals surface area (Å²) < 4.78 is 16.2. The van der Waals surface area contributed by atoms with Gasteiger partial charge in [0, 0.05) is 13.0 Å². The molecule has 0 radical (unpaired) electrons. The van der Waals surface area contributed by atoms with Gasteiger partial charge in [0.15, 0.2) is 0 Å². The second kappa shape index (κ2) is 11.2. The van der Waals surface area contributed by atoms with Gasteiger partial charge in [0.1, 0.15) is 25.1 Å². The molecule has 3 rings (SSSR count). The zero-order valence-electron chi connectivity index (χ0n) is 17.6. The number of benzene rings is 2. The van der Waals surface area contributed by atoms with Crippen molar-refractivity contribution in [1.82, 2.24) is 4.90 Å². The number of ether oxygens (including phenoxy) is 3. The third kappa shape index (κ3) is 6.84. The lowest BCUT2D eigenvalue weighted by Gasteiger charge is -2.39. The summed E-state index contributed by atoms with van der Waals surface area (Å²) in [6, 6.07) is 18.0. The van der Waals surface area contributed by atoms with Gasteiger partial charge in [-0.2, -0.15) is 0 Å². The molecular formula is C24H27NO6. The van der Waals surface area contributed by atoms with Crippen LogP contribution in [-0.4, -0.2) is 41.6 Å². The highest BCUT2D eigenvalue weighted by molar-refractivity contribution is 5.77. The smallest absolute Gasteiger partial charge is 0.445 e. The van der Waals surface area contributed by atoms with E-state index in [9.17, 15) is 14.4 Å². The Morgan fingerprint density at radius 2 is 1.48 bits per heavy atom. The van der Waals surface area contributed by atoms with Crippen molar-refractivity contribution in [2.24, 2.45) is 0 Å². The molecule has 0 aromatic heterocycles. The maximum absolute atomic E-state index is 12.7. The lowest BCUT2D eigenvalue weighted by Crippen LogP contribution is -2.53. The SMILES string of the molecule is CC(=O)CC1C(OC(=O)OCc2ccccc2)CCCN1C(=O)OCc1ccccc1.